The van der Waals surface area contributed by atoms with E-state index in [9.17, 15) is 4.79 Å². The van der Waals surface area contributed by atoms with E-state index in [2.05, 4.69) is 6.92 Å². The standard InChI is InChI=1S/C19H24O3/c1-2-3-4-5-6-9-14-21-18-13-12-16-10-7-8-11-17(16)19(18)22-15-20/h7-8,10-13,15H,2-6,9,14H2,1H3. The minimum absolute atomic E-state index is 0.458. The summed E-state index contributed by atoms with van der Waals surface area (Å²) in [5.74, 6) is 1.15. The summed E-state index contributed by atoms with van der Waals surface area (Å²) in [6.45, 7) is 3.33. The molecule has 2 aromatic rings. The lowest BCUT2D eigenvalue weighted by atomic mass is 10.1. The Balaban J connectivity index is 1.95. The van der Waals surface area contributed by atoms with Crippen LogP contribution >= 0.6 is 0 Å². The first-order valence-corrected chi connectivity index (χ1v) is 8.11. The number of unbranched alkanes of at least 4 members (excludes halogenated alkanes) is 5. The Bertz CT molecular complexity index is 592. The molecule has 0 atom stereocenters. The zero-order chi connectivity index (χ0) is 15.6. The largest absolute Gasteiger partial charge is 0.490 e. The fraction of sp³-hybridized carbons (Fsp3) is 0.421. The van der Waals surface area contributed by atoms with Crippen molar-refractivity contribution >= 4 is 17.2 Å². The molecule has 2 rings (SSSR count). The highest BCUT2D eigenvalue weighted by atomic mass is 16.5. The molecule has 22 heavy (non-hydrogen) atoms. The Morgan fingerprint density at radius 1 is 0.955 bits per heavy atom. The van der Waals surface area contributed by atoms with Gasteiger partial charge >= 0.3 is 0 Å². The number of hydrogen-bond acceptors (Lipinski definition) is 3. The van der Waals surface area contributed by atoms with Crippen molar-refractivity contribution in [3.8, 4) is 11.5 Å². The second-order valence-electron chi connectivity index (χ2n) is 5.44. The molecule has 0 aliphatic carbocycles. The summed E-state index contributed by atoms with van der Waals surface area (Å²) in [4.78, 5) is 10.8. The Hall–Kier alpha value is -2.03. The molecule has 0 aromatic heterocycles. The van der Waals surface area contributed by atoms with Crippen LogP contribution in [0.3, 0.4) is 0 Å². The second kappa shape index (κ2) is 9.08. The van der Waals surface area contributed by atoms with Crippen LogP contribution in [-0.4, -0.2) is 13.1 Å². The maximum absolute atomic E-state index is 10.8. The number of rotatable bonds is 10. The first-order chi connectivity index (χ1) is 10.9. The SMILES string of the molecule is CCCCCCCCOc1ccc2ccccc2c1OC=O. The van der Waals surface area contributed by atoms with Gasteiger partial charge in [-0.2, -0.15) is 0 Å². The van der Waals surface area contributed by atoms with Crippen LogP contribution in [0.2, 0.25) is 0 Å². The Morgan fingerprint density at radius 3 is 2.55 bits per heavy atom. The number of benzene rings is 2. The van der Waals surface area contributed by atoms with Gasteiger partial charge in [-0.25, -0.2) is 0 Å². The number of carbonyl (C=O) groups is 1. The molecule has 3 heteroatoms. The highest BCUT2D eigenvalue weighted by molar-refractivity contribution is 5.91. The molecule has 0 fully saturated rings. The van der Waals surface area contributed by atoms with Crippen LogP contribution in [0.5, 0.6) is 11.5 Å². The fourth-order valence-electron chi connectivity index (χ4n) is 2.57. The molecule has 0 saturated heterocycles. The van der Waals surface area contributed by atoms with E-state index in [0.717, 1.165) is 17.2 Å². The van der Waals surface area contributed by atoms with Crippen molar-refractivity contribution in [3.63, 3.8) is 0 Å². The van der Waals surface area contributed by atoms with Crippen molar-refractivity contribution in [2.75, 3.05) is 6.61 Å². The van der Waals surface area contributed by atoms with Crippen molar-refractivity contribution in [1.82, 2.24) is 0 Å². The topological polar surface area (TPSA) is 35.5 Å². The molecule has 0 N–H and O–H groups in total. The molecule has 0 unspecified atom stereocenters. The fourth-order valence-corrected chi connectivity index (χ4v) is 2.57. The van der Waals surface area contributed by atoms with Crippen LogP contribution in [0.25, 0.3) is 10.8 Å². The van der Waals surface area contributed by atoms with Gasteiger partial charge in [-0.05, 0) is 17.9 Å². The smallest absolute Gasteiger partial charge is 0.298 e. The van der Waals surface area contributed by atoms with E-state index in [1.54, 1.807) is 0 Å². The molecule has 0 spiro atoms. The first kappa shape index (κ1) is 16.3. The van der Waals surface area contributed by atoms with Crippen LogP contribution in [0.1, 0.15) is 45.4 Å². The summed E-state index contributed by atoms with van der Waals surface area (Å²) in [7, 11) is 0. The molecular formula is C19H24O3. The van der Waals surface area contributed by atoms with E-state index in [4.69, 9.17) is 9.47 Å². The maximum atomic E-state index is 10.8. The van der Waals surface area contributed by atoms with Crippen molar-refractivity contribution < 1.29 is 14.3 Å². The molecular weight excluding hydrogens is 276 g/mol. The Kier molecular flexibility index (Phi) is 6.75. The zero-order valence-corrected chi connectivity index (χ0v) is 13.2. The van der Waals surface area contributed by atoms with Crippen LogP contribution in [0.4, 0.5) is 0 Å². The first-order valence-electron chi connectivity index (χ1n) is 8.11. The van der Waals surface area contributed by atoms with Gasteiger partial charge in [0.2, 0.25) is 0 Å². The summed E-state index contributed by atoms with van der Waals surface area (Å²) in [6, 6.07) is 11.7. The van der Waals surface area contributed by atoms with Crippen LogP contribution in [-0.2, 0) is 4.79 Å². The van der Waals surface area contributed by atoms with E-state index >= 15 is 0 Å². The molecule has 0 heterocycles. The van der Waals surface area contributed by atoms with Crippen LogP contribution in [0, 0.1) is 0 Å². The van der Waals surface area contributed by atoms with Gasteiger partial charge in [-0.3, -0.25) is 4.79 Å². The van der Waals surface area contributed by atoms with E-state index in [-0.39, 0.29) is 0 Å². The third-order valence-electron chi connectivity index (χ3n) is 3.76. The molecule has 0 aliphatic rings. The number of carbonyl (C=O) groups excluding carboxylic acids is 1. The third-order valence-corrected chi connectivity index (χ3v) is 3.76. The predicted molar refractivity (Wildman–Crippen MR) is 89.5 cm³/mol. The van der Waals surface area contributed by atoms with Gasteiger partial charge in [0.1, 0.15) is 0 Å². The van der Waals surface area contributed by atoms with E-state index in [1.807, 2.05) is 36.4 Å². The predicted octanol–water partition coefficient (Wildman–Crippen LogP) is 5.11. The Labute approximate surface area is 132 Å². The summed E-state index contributed by atoms with van der Waals surface area (Å²) >= 11 is 0. The molecule has 0 amide bonds. The van der Waals surface area contributed by atoms with E-state index in [0.29, 0.717) is 24.6 Å². The van der Waals surface area contributed by atoms with Gasteiger partial charge in [-0.15, -0.1) is 0 Å². The number of hydrogen-bond donors (Lipinski definition) is 0. The normalized spacial score (nSPS) is 10.6. The van der Waals surface area contributed by atoms with Crippen LogP contribution < -0.4 is 9.47 Å². The average Bonchev–Trinajstić information content (AvgIpc) is 2.56. The van der Waals surface area contributed by atoms with Gasteiger partial charge in [0.25, 0.3) is 6.47 Å². The van der Waals surface area contributed by atoms with Crippen molar-refractivity contribution in [2.45, 2.75) is 45.4 Å². The van der Waals surface area contributed by atoms with Gasteiger partial charge in [0, 0.05) is 5.39 Å². The zero-order valence-electron chi connectivity index (χ0n) is 13.2. The molecule has 118 valence electrons. The lowest BCUT2D eigenvalue weighted by molar-refractivity contribution is -0.120. The molecule has 3 nitrogen and oxygen atoms in total. The summed E-state index contributed by atoms with van der Waals surface area (Å²) < 4.78 is 11.0. The highest BCUT2D eigenvalue weighted by Crippen LogP contribution is 2.35. The second-order valence-corrected chi connectivity index (χ2v) is 5.44. The number of ether oxygens (including phenoxy) is 2. The molecule has 2 aromatic carbocycles. The van der Waals surface area contributed by atoms with Crippen molar-refractivity contribution in [1.29, 1.82) is 0 Å². The van der Waals surface area contributed by atoms with E-state index in [1.165, 1.54) is 32.1 Å². The van der Waals surface area contributed by atoms with Crippen LogP contribution in [0.15, 0.2) is 36.4 Å². The minimum atomic E-state index is 0.458. The lowest BCUT2D eigenvalue weighted by Gasteiger charge is -2.12. The average molecular weight is 300 g/mol. The van der Waals surface area contributed by atoms with Crippen molar-refractivity contribution in [2.24, 2.45) is 0 Å². The van der Waals surface area contributed by atoms with Gasteiger partial charge < -0.3 is 9.47 Å². The quantitative estimate of drug-likeness (QED) is 0.451. The minimum Gasteiger partial charge on any atom is -0.490 e. The van der Waals surface area contributed by atoms with Gasteiger partial charge in [0.05, 0.1) is 6.61 Å². The third kappa shape index (κ3) is 4.48. The van der Waals surface area contributed by atoms with Gasteiger partial charge in [0.15, 0.2) is 11.5 Å². The maximum Gasteiger partial charge on any atom is 0.298 e. The van der Waals surface area contributed by atoms with E-state index < -0.39 is 0 Å². The summed E-state index contributed by atoms with van der Waals surface area (Å²) in [6.07, 6.45) is 7.33. The number of fused-ring (bicyclic) bond motifs is 1. The summed E-state index contributed by atoms with van der Waals surface area (Å²) in [5.41, 5.74) is 0. The highest BCUT2D eigenvalue weighted by Gasteiger charge is 2.10. The lowest BCUT2D eigenvalue weighted by Crippen LogP contribution is -2.01. The monoisotopic (exact) mass is 300 g/mol. The summed E-state index contributed by atoms with van der Waals surface area (Å²) in [5, 5.41) is 1.93. The van der Waals surface area contributed by atoms with Crippen molar-refractivity contribution in [3.05, 3.63) is 36.4 Å². The van der Waals surface area contributed by atoms with Gasteiger partial charge in [-0.1, -0.05) is 69.4 Å². The molecule has 0 aliphatic heterocycles. The molecule has 0 bridgehead atoms. The Morgan fingerprint density at radius 2 is 1.73 bits per heavy atom. The molecule has 0 radical (unpaired) electrons. The molecule has 0 saturated carbocycles.